The highest BCUT2D eigenvalue weighted by Crippen LogP contribution is 2.06. The van der Waals surface area contributed by atoms with Crippen LogP contribution < -0.4 is 0 Å². The zero-order valence-corrected chi connectivity index (χ0v) is 6.34. The Hall–Kier alpha value is -0.530. The minimum atomic E-state index is -2.37. The SMILES string of the molecule is O=C(C(O)CO)C(O)(CO)CO. The van der Waals surface area contributed by atoms with Crippen LogP contribution in [0.5, 0.6) is 0 Å². The summed E-state index contributed by atoms with van der Waals surface area (Å²) < 4.78 is 0. The van der Waals surface area contributed by atoms with Crippen LogP contribution in [0.1, 0.15) is 0 Å². The van der Waals surface area contributed by atoms with Gasteiger partial charge in [0.1, 0.15) is 6.10 Å². The van der Waals surface area contributed by atoms with E-state index in [1.54, 1.807) is 0 Å². The van der Waals surface area contributed by atoms with Gasteiger partial charge in [0, 0.05) is 0 Å². The van der Waals surface area contributed by atoms with E-state index >= 15 is 0 Å². The zero-order chi connectivity index (χ0) is 9.78. The summed E-state index contributed by atoms with van der Waals surface area (Å²) in [4.78, 5) is 10.9. The number of aliphatic hydroxyl groups excluding tert-OH is 4. The molecule has 72 valence electrons. The molecule has 0 radical (unpaired) electrons. The Kier molecular flexibility index (Phi) is 4.29. The minimum absolute atomic E-state index is 0.860. The molecule has 0 rings (SSSR count). The van der Waals surface area contributed by atoms with Gasteiger partial charge in [-0.3, -0.25) is 4.79 Å². The molecule has 0 saturated heterocycles. The van der Waals surface area contributed by atoms with E-state index in [1.165, 1.54) is 0 Å². The van der Waals surface area contributed by atoms with Crippen molar-refractivity contribution in [2.24, 2.45) is 0 Å². The molecule has 0 heterocycles. The Morgan fingerprint density at radius 2 is 1.67 bits per heavy atom. The topological polar surface area (TPSA) is 118 Å². The average Bonchev–Trinajstić information content (AvgIpc) is 2.14. The molecule has 5 N–H and O–H groups in total. The first-order valence-corrected chi connectivity index (χ1v) is 3.29. The molecule has 0 saturated carbocycles. The van der Waals surface area contributed by atoms with Gasteiger partial charge in [0.05, 0.1) is 19.8 Å². The summed E-state index contributed by atoms with van der Waals surface area (Å²) in [7, 11) is 0. The van der Waals surface area contributed by atoms with E-state index in [2.05, 4.69) is 0 Å². The third kappa shape index (κ3) is 2.23. The molecule has 0 amide bonds. The number of Topliss-reactive ketones (excluding diaryl/α,β-unsaturated/α-hetero) is 1. The Balaban J connectivity index is 4.41. The monoisotopic (exact) mass is 180 g/mol. The predicted molar refractivity (Wildman–Crippen MR) is 37.2 cm³/mol. The lowest BCUT2D eigenvalue weighted by Crippen LogP contribution is -2.51. The number of carbonyl (C=O) groups is 1. The van der Waals surface area contributed by atoms with E-state index in [4.69, 9.17) is 25.5 Å². The second-order valence-corrected chi connectivity index (χ2v) is 2.41. The molecule has 1 unspecified atom stereocenters. The molecule has 0 bridgehead atoms. The van der Waals surface area contributed by atoms with E-state index in [0.29, 0.717) is 0 Å². The first kappa shape index (κ1) is 11.5. The fourth-order valence-electron chi connectivity index (χ4n) is 0.599. The van der Waals surface area contributed by atoms with E-state index in [0.717, 1.165) is 0 Å². The molecule has 0 aromatic rings. The van der Waals surface area contributed by atoms with Gasteiger partial charge in [0.15, 0.2) is 11.4 Å². The van der Waals surface area contributed by atoms with Gasteiger partial charge in [-0.05, 0) is 0 Å². The van der Waals surface area contributed by atoms with Gasteiger partial charge in [-0.2, -0.15) is 0 Å². The maximum atomic E-state index is 10.9. The Morgan fingerprint density at radius 1 is 1.25 bits per heavy atom. The van der Waals surface area contributed by atoms with Crippen LogP contribution in [0, 0.1) is 0 Å². The van der Waals surface area contributed by atoms with Gasteiger partial charge in [-0.25, -0.2) is 0 Å². The highest BCUT2D eigenvalue weighted by atomic mass is 16.4. The van der Waals surface area contributed by atoms with E-state index in [9.17, 15) is 4.79 Å². The molecule has 0 aliphatic rings. The van der Waals surface area contributed by atoms with Crippen LogP contribution in [0.2, 0.25) is 0 Å². The number of ketones is 1. The lowest BCUT2D eigenvalue weighted by Gasteiger charge is -2.23. The summed E-state index contributed by atoms with van der Waals surface area (Å²) in [6.07, 6.45) is -1.78. The van der Waals surface area contributed by atoms with Crippen molar-refractivity contribution >= 4 is 5.78 Å². The standard InChI is InChI=1S/C6H12O6/c7-1-4(10)5(11)6(12,2-8)3-9/h4,7-10,12H,1-3H2. The number of hydrogen-bond donors (Lipinski definition) is 5. The largest absolute Gasteiger partial charge is 0.393 e. The molecule has 0 spiro atoms. The van der Waals surface area contributed by atoms with Crippen LogP contribution in [0.15, 0.2) is 0 Å². The molecular weight excluding hydrogens is 168 g/mol. The van der Waals surface area contributed by atoms with Crippen molar-refractivity contribution in [3.8, 4) is 0 Å². The van der Waals surface area contributed by atoms with Gasteiger partial charge in [0.25, 0.3) is 0 Å². The van der Waals surface area contributed by atoms with E-state index in [1.807, 2.05) is 0 Å². The van der Waals surface area contributed by atoms with Crippen LogP contribution in [0.4, 0.5) is 0 Å². The molecule has 0 aliphatic carbocycles. The fourth-order valence-corrected chi connectivity index (χ4v) is 0.599. The Bertz CT molecular complexity index is 152. The molecule has 1 atom stereocenters. The number of aliphatic hydroxyl groups is 5. The second-order valence-electron chi connectivity index (χ2n) is 2.41. The molecular formula is C6H12O6. The summed E-state index contributed by atoms with van der Waals surface area (Å²) >= 11 is 0. The van der Waals surface area contributed by atoms with Crippen LogP contribution in [0.3, 0.4) is 0 Å². The number of carbonyl (C=O) groups excluding carboxylic acids is 1. The summed E-state index contributed by atoms with van der Waals surface area (Å²) in [6.45, 7) is -2.86. The third-order valence-electron chi connectivity index (χ3n) is 1.46. The highest BCUT2D eigenvalue weighted by Gasteiger charge is 2.38. The lowest BCUT2D eigenvalue weighted by atomic mass is 9.97. The first-order chi connectivity index (χ1) is 5.51. The van der Waals surface area contributed by atoms with Crippen molar-refractivity contribution in [3.05, 3.63) is 0 Å². The maximum Gasteiger partial charge on any atom is 0.199 e. The first-order valence-electron chi connectivity index (χ1n) is 3.29. The van der Waals surface area contributed by atoms with Crippen molar-refractivity contribution < 1.29 is 30.3 Å². The third-order valence-corrected chi connectivity index (χ3v) is 1.46. The quantitative estimate of drug-likeness (QED) is 0.301. The Labute approximate surface area is 68.7 Å². The fraction of sp³-hybridized carbons (Fsp3) is 0.833. The minimum Gasteiger partial charge on any atom is -0.393 e. The van der Waals surface area contributed by atoms with Crippen molar-refractivity contribution in [1.82, 2.24) is 0 Å². The van der Waals surface area contributed by atoms with Crippen molar-refractivity contribution in [2.45, 2.75) is 11.7 Å². The van der Waals surface area contributed by atoms with Gasteiger partial charge in [0.2, 0.25) is 0 Å². The van der Waals surface area contributed by atoms with Crippen molar-refractivity contribution in [3.63, 3.8) is 0 Å². The molecule has 0 aromatic carbocycles. The van der Waals surface area contributed by atoms with Crippen LogP contribution in [-0.4, -0.2) is 62.8 Å². The molecule has 6 nitrogen and oxygen atoms in total. The highest BCUT2D eigenvalue weighted by molar-refractivity contribution is 5.91. The normalized spacial score (nSPS) is 14.4. The van der Waals surface area contributed by atoms with Gasteiger partial charge < -0.3 is 25.5 Å². The lowest BCUT2D eigenvalue weighted by molar-refractivity contribution is -0.157. The van der Waals surface area contributed by atoms with Gasteiger partial charge in [-0.15, -0.1) is 0 Å². The smallest absolute Gasteiger partial charge is 0.199 e. The van der Waals surface area contributed by atoms with E-state index in [-0.39, 0.29) is 0 Å². The van der Waals surface area contributed by atoms with Crippen molar-refractivity contribution in [1.29, 1.82) is 0 Å². The van der Waals surface area contributed by atoms with Crippen LogP contribution in [0.25, 0.3) is 0 Å². The van der Waals surface area contributed by atoms with Crippen LogP contribution >= 0.6 is 0 Å². The second kappa shape index (κ2) is 4.48. The summed E-state index contributed by atoms with van der Waals surface area (Å²) in [5.41, 5.74) is -2.37. The van der Waals surface area contributed by atoms with Gasteiger partial charge >= 0.3 is 0 Å². The summed E-state index contributed by atoms with van der Waals surface area (Å²) in [5.74, 6) is -1.20. The number of hydrogen-bond acceptors (Lipinski definition) is 6. The molecule has 0 fully saturated rings. The molecule has 6 heteroatoms. The van der Waals surface area contributed by atoms with Crippen molar-refractivity contribution in [2.75, 3.05) is 19.8 Å². The zero-order valence-electron chi connectivity index (χ0n) is 6.34. The van der Waals surface area contributed by atoms with E-state index < -0.39 is 37.3 Å². The van der Waals surface area contributed by atoms with Gasteiger partial charge in [-0.1, -0.05) is 0 Å². The molecule has 12 heavy (non-hydrogen) atoms. The predicted octanol–water partition coefficient (Wildman–Crippen LogP) is -3.38. The Morgan fingerprint density at radius 3 is 1.92 bits per heavy atom. The average molecular weight is 180 g/mol. The number of rotatable bonds is 5. The summed E-state index contributed by atoms with van der Waals surface area (Å²) in [6, 6.07) is 0. The molecule has 0 aromatic heterocycles. The van der Waals surface area contributed by atoms with Crippen LogP contribution in [-0.2, 0) is 4.79 Å². The molecule has 0 aliphatic heterocycles. The maximum absolute atomic E-state index is 10.9. The summed E-state index contributed by atoms with van der Waals surface area (Å²) in [5, 5.41) is 43.1.